The van der Waals surface area contributed by atoms with Crippen LogP contribution in [0.4, 0.5) is 30.6 Å². The van der Waals surface area contributed by atoms with Crippen molar-refractivity contribution in [1.82, 2.24) is 19.7 Å². The summed E-state index contributed by atoms with van der Waals surface area (Å²) < 4.78 is 41.9. The van der Waals surface area contributed by atoms with Crippen molar-refractivity contribution in [3.8, 4) is 0 Å². The van der Waals surface area contributed by atoms with Crippen LogP contribution in [0, 0.1) is 17.8 Å². The number of nitrogens with one attached hydrogen (secondary N) is 2. The summed E-state index contributed by atoms with van der Waals surface area (Å²) >= 11 is 0. The second-order valence-electron chi connectivity index (χ2n) is 7.03. The average molecular weight is 393 g/mol. The van der Waals surface area contributed by atoms with E-state index < -0.39 is 29.6 Å². The Kier molecular flexibility index (Phi) is 4.24. The van der Waals surface area contributed by atoms with Crippen LogP contribution < -0.4 is 16.4 Å². The van der Waals surface area contributed by atoms with Crippen molar-refractivity contribution in [3.05, 3.63) is 36.3 Å². The SMILES string of the molecule is Cn1cc(Nc2ncc(C(F)(F)F)c(N[C@H]3[C@@H](C(N)=O)[C@@H]4C=C[C@H]3C4)n2)cn1. The number of hydrogen-bond acceptors (Lipinski definition) is 6. The summed E-state index contributed by atoms with van der Waals surface area (Å²) in [4.78, 5) is 19.6. The summed E-state index contributed by atoms with van der Waals surface area (Å²) in [7, 11) is 1.71. The van der Waals surface area contributed by atoms with E-state index in [1.54, 1.807) is 13.2 Å². The van der Waals surface area contributed by atoms with Crippen LogP contribution in [0.15, 0.2) is 30.7 Å². The quantitative estimate of drug-likeness (QED) is 0.671. The minimum atomic E-state index is -4.65. The number of alkyl halides is 3. The Labute approximate surface area is 158 Å². The largest absolute Gasteiger partial charge is 0.421 e. The number of anilines is 3. The molecule has 2 bridgehead atoms. The highest BCUT2D eigenvalue weighted by Crippen LogP contribution is 2.45. The highest BCUT2D eigenvalue weighted by Gasteiger charge is 2.48. The lowest BCUT2D eigenvalue weighted by Gasteiger charge is -2.28. The number of aryl methyl sites for hydroxylation is 1. The van der Waals surface area contributed by atoms with Gasteiger partial charge in [0.15, 0.2) is 0 Å². The minimum absolute atomic E-state index is 0.0159. The molecule has 0 spiro atoms. The van der Waals surface area contributed by atoms with E-state index in [4.69, 9.17) is 5.73 Å². The number of allylic oxidation sites excluding steroid dienone is 1. The molecule has 1 saturated carbocycles. The van der Waals surface area contributed by atoms with Gasteiger partial charge < -0.3 is 16.4 Å². The summed E-state index contributed by atoms with van der Waals surface area (Å²) in [6, 6.07) is -0.547. The maximum absolute atomic E-state index is 13.5. The van der Waals surface area contributed by atoms with Gasteiger partial charge >= 0.3 is 6.18 Å². The predicted octanol–water partition coefficient (Wildman–Crippen LogP) is 2.06. The molecule has 2 aromatic rings. The second-order valence-corrected chi connectivity index (χ2v) is 7.03. The lowest BCUT2D eigenvalue weighted by molar-refractivity contribution is -0.137. The molecule has 1 amide bonds. The van der Waals surface area contributed by atoms with Crippen molar-refractivity contribution in [2.24, 2.45) is 30.5 Å². The monoisotopic (exact) mass is 393 g/mol. The van der Waals surface area contributed by atoms with Gasteiger partial charge in [0.05, 0.1) is 17.8 Å². The van der Waals surface area contributed by atoms with Crippen molar-refractivity contribution in [1.29, 1.82) is 0 Å². The van der Waals surface area contributed by atoms with Crippen molar-refractivity contribution in [2.45, 2.75) is 18.6 Å². The Balaban J connectivity index is 1.66. The summed E-state index contributed by atoms with van der Waals surface area (Å²) in [5, 5.41) is 9.62. The summed E-state index contributed by atoms with van der Waals surface area (Å²) in [6.07, 6.45) is 3.69. The van der Waals surface area contributed by atoms with E-state index >= 15 is 0 Å². The molecule has 148 valence electrons. The van der Waals surface area contributed by atoms with Gasteiger partial charge in [-0.3, -0.25) is 9.48 Å². The number of rotatable bonds is 5. The molecule has 4 atom stereocenters. The summed E-state index contributed by atoms with van der Waals surface area (Å²) in [6.45, 7) is 0. The Morgan fingerprint density at radius 1 is 1.29 bits per heavy atom. The Morgan fingerprint density at radius 2 is 2.04 bits per heavy atom. The van der Waals surface area contributed by atoms with Crippen LogP contribution in [0.3, 0.4) is 0 Å². The molecule has 0 radical (unpaired) electrons. The van der Waals surface area contributed by atoms with Gasteiger partial charge in [0, 0.05) is 25.5 Å². The van der Waals surface area contributed by atoms with E-state index in [0.717, 1.165) is 6.20 Å². The first kappa shape index (κ1) is 18.3. The van der Waals surface area contributed by atoms with E-state index in [9.17, 15) is 18.0 Å². The minimum Gasteiger partial charge on any atom is -0.369 e. The number of carbonyl (C=O) groups is 1. The zero-order valence-corrected chi connectivity index (χ0v) is 14.8. The molecular formula is C17H18F3N7O. The number of fused-ring (bicyclic) bond motifs is 2. The van der Waals surface area contributed by atoms with Crippen LogP contribution in [-0.2, 0) is 18.0 Å². The maximum Gasteiger partial charge on any atom is 0.421 e. The van der Waals surface area contributed by atoms with Crippen LogP contribution in [-0.4, -0.2) is 31.7 Å². The van der Waals surface area contributed by atoms with Crippen LogP contribution in [0.2, 0.25) is 0 Å². The number of nitrogens with two attached hydrogens (primary N) is 1. The molecular weight excluding hydrogens is 375 g/mol. The highest BCUT2D eigenvalue weighted by molar-refractivity contribution is 5.80. The van der Waals surface area contributed by atoms with Crippen molar-refractivity contribution < 1.29 is 18.0 Å². The van der Waals surface area contributed by atoms with Gasteiger partial charge in [-0.15, -0.1) is 0 Å². The third-order valence-electron chi connectivity index (χ3n) is 5.15. The van der Waals surface area contributed by atoms with E-state index in [1.807, 2.05) is 12.2 Å². The normalized spacial score (nSPS) is 25.9. The molecule has 2 aliphatic carbocycles. The summed E-state index contributed by atoms with van der Waals surface area (Å²) in [5.74, 6) is -1.66. The third kappa shape index (κ3) is 3.27. The Morgan fingerprint density at radius 3 is 2.68 bits per heavy atom. The number of amides is 1. The van der Waals surface area contributed by atoms with Crippen LogP contribution in [0.5, 0.6) is 0 Å². The molecule has 2 aliphatic rings. The number of hydrogen-bond donors (Lipinski definition) is 3. The lowest BCUT2D eigenvalue weighted by atomic mass is 9.88. The van der Waals surface area contributed by atoms with Gasteiger partial charge in [-0.1, -0.05) is 12.2 Å². The van der Waals surface area contributed by atoms with Gasteiger partial charge in [0.1, 0.15) is 11.4 Å². The molecule has 4 N–H and O–H groups in total. The topological polar surface area (TPSA) is 111 Å². The zero-order valence-electron chi connectivity index (χ0n) is 14.8. The fourth-order valence-corrected chi connectivity index (χ4v) is 3.94. The zero-order chi connectivity index (χ0) is 20.1. The molecule has 1 fully saturated rings. The van der Waals surface area contributed by atoms with E-state index in [0.29, 0.717) is 12.1 Å². The molecule has 0 unspecified atom stereocenters. The van der Waals surface area contributed by atoms with Crippen LogP contribution >= 0.6 is 0 Å². The van der Waals surface area contributed by atoms with Gasteiger partial charge in [0.2, 0.25) is 11.9 Å². The number of aromatic nitrogens is 4. The standard InChI is InChI=1S/C17H18F3N7O/c1-27-7-10(5-23-27)24-16-22-6-11(17(18,19)20)15(26-16)25-13-9-3-2-8(4-9)12(13)14(21)28/h2-3,5-9,12-13H,4H2,1H3,(H2,21,28)(H2,22,24,25,26)/t8-,9+,12+,13-/m1/s1. The predicted molar refractivity (Wildman–Crippen MR) is 94.4 cm³/mol. The lowest BCUT2D eigenvalue weighted by Crippen LogP contribution is -2.41. The smallest absolute Gasteiger partial charge is 0.369 e. The number of primary amides is 1. The molecule has 4 rings (SSSR count). The number of halogens is 3. The fourth-order valence-electron chi connectivity index (χ4n) is 3.94. The first-order valence-corrected chi connectivity index (χ1v) is 8.66. The average Bonchev–Trinajstić information content (AvgIpc) is 3.30. The van der Waals surface area contributed by atoms with E-state index in [2.05, 4.69) is 25.7 Å². The van der Waals surface area contributed by atoms with Crippen molar-refractivity contribution >= 4 is 23.4 Å². The van der Waals surface area contributed by atoms with E-state index in [1.165, 1.54) is 10.9 Å². The molecule has 0 aromatic carbocycles. The Hall–Kier alpha value is -3.11. The highest BCUT2D eigenvalue weighted by atomic mass is 19.4. The van der Waals surface area contributed by atoms with Crippen LogP contribution in [0.25, 0.3) is 0 Å². The Bertz CT molecular complexity index is 939. The fraction of sp³-hybridized carbons (Fsp3) is 0.412. The molecule has 28 heavy (non-hydrogen) atoms. The molecule has 2 aromatic heterocycles. The molecule has 0 saturated heterocycles. The van der Waals surface area contributed by atoms with Gasteiger partial charge in [-0.2, -0.15) is 23.3 Å². The molecule has 2 heterocycles. The first-order chi connectivity index (χ1) is 13.2. The molecule has 11 heteroatoms. The summed E-state index contributed by atoms with van der Waals surface area (Å²) in [5.41, 5.74) is 5.03. The van der Waals surface area contributed by atoms with Gasteiger partial charge in [-0.25, -0.2) is 4.98 Å². The van der Waals surface area contributed by atoms with Crippen molar-refractivity contribution in [3.63, 3.8) is 0 Å². The van der Waals surface area contributed by atoms with Crippen molar-refractivity contribution in [2.75, 3.05) is 10.6 Å². The van der Waals surface area contributed by atoms with Gasteiger partial charge in [0.25, 0.3) is 0 Å². The number of nitrogens with zero attached hydrogens (tertiary/aromatic N) is 4. The molecule has 0 aliphatic heterocycles. The number of carbonyl (C=O) groups excluding carboxylic acids is 1. The second kappa shape index (κ2) is 6.50. The first-order valence-electron chi connectivity index (χ1n) is 8.66. The third-order valence-corrected chi connectivity index (χ3v) is 5.15. The van der Waals surface area contributed by atoms with Gasteiger partial charge in [-0.05, 0) is 18.3 Å². The maximum atomic E-state index is 13.5. The molecule has 8 nitrogen and oxygen atoms in total. The van der Waals surface area contributed by atoms with Crippen LogP contribution in [0.1, 0.15) is 12.0 Å². The van der Waals surface area contributed by atoms with E-state index in [-0.39, 0.29) is 23.6 Å².